The van der Waals surface area contributed by atoms with E-state index in [1.165, 1.54) is 12.1 Å². The quantitative estimate of drug-likeness (QED) is 0.780. The average Bonchev–Trinajstić information content (AvgIpc) is 3.14. The molecule has 2 aromatic carbocycles. The van der Waals surface area contributed by atoms with E-state index in [0.29, 0.717) is 24.5 Å². The molecule has 7 heteroatoms. The van der Waals surface area contributed by atoms with Gasteiger partial charge in [-0.25, -0.2) is 8.42 Å². The van der Waals surface area contributed by atoms with E-state index in [-0.39, 0.29) is 22.6 Å². The number of nitrogens with zero attached hydrogens (tertiary/aromatic N) is 1. The zero-order valence-corrected chi connectivity index (χ0v) is 16.9. The number of aliphatic imine (C=N–C) groups is 1. The second-order valence-corrected chi connectivity index (χ2v) is 9.22. The molecule has 0 bridgehead atoms. The smallest absolute Gasteiger partial charge is 0.262 e. The van der Waals surface area contributed by atoms with Crippen LogP contribution in [-0.4, -0.2) is 26.7 Å². The average molecular weight is 400 g/mol. The van der Waals surface area contributed by atoms with Crippen molar-refractivity contribution >= 4 is 27.5 Å². The third-order valence-electron chi connectivity index (χ3n) is 4.71. The van der Waals surface area contributed by atoms with E-state index >= 15 is 0 Å². The molecular weight excluding hydrogens is 374 g/mol. The summed E-state index contributed by atoms with van der Waals surface area (Å²) < 4.78 is 27.6. The van der Waals surface area contributed by atoms with Gasteiger partial charge in [-0.2, -0.15) is 0 Å². The first-order valence-corrected chi connectivity index (χ1v) is 10.8. The summed E-state index contributed by atoms with van der Waals surface area (Å²) in [5.74, 6) is 0.315. The Labute approximate surface area is 166 Å². The van der Waals surface area contributed by atoms with Crippen molar-refractivity contribution in [3.8, 4) is 0 Å². The molecule has 0 atom stereocenters. The molecule has 2 aromatic rings. The molecule has 1 aliphatic rings. The molecule has 1 heterocycles. The number of amidine groups is 1. The van der Waals surface area contributed by atoms with Crippen LogP contribution in [0.1, 0.15) is 38.7 Å². The topological polar surface area (TPSA) is 87.6 Å². The Bertz CT molecular complexity index is 983. The molecule has 1 aliphatic heterocycles. The van der Waals surface area contributed by atoms with Crippen LogP contribution < -0.4 is 10.0 Å². The first kappa shape index (κ1) is 20.1. The highest BCUT2D eigenvalue weighted by Gasteiger charge is 2.24. The summed E-state index contributed by atoms with van der Waals surface area (Å²) in [5.41, 5.74) is 1.19. The second kappa shape index (κ2) is 8.14. The van der Waals surface area contributed by atoms with Gasteiger partial charge in [0.25, 0.3) is 10.0 Å². The molecular formula is C21H25N3O3S. The van der Waals surface area contributed by atoms with Crippen LogP contribution in [0, 0.1) is 0 Å². The maximum absolute atomic E-state index is 12.5. The zero-order valence-electron chi connectivity index (χ0n) is 16.1. The normalized spacial score (nSPS) is 14.4. The van der Waals surface area contributed by atoms with Crippen molar-refractivity contribution in [2.45, 2.75) is 43.4 Å². The lowest BCUT2D eigenvalue weighted by atomic mass is 9.81. The molecule has 0 fully saturated rings. The Morgan fingerprint density at radius 1 is 1.11 bits per heavy atom. The molecule has 0 unspecified atom stereocenters. The molecule has 0 aliphatic carbocycles. The number of anilines is 1. The van der Waals surface area contributed by atoms with Gasteiger partial charge in [-0.05, 0) is 35.6 Å². The summed E-state index contributed by atoms with van der Waals surface area (Å²) in [5, 5.41) is 2.81. The molecule has 6 nitrogen and oxygen atoms in total. The minimum Gasteiger partial charge on any atom is -0.326 e. The van der Waals surface area contributed by atoms with E-state index in [1.807, 2.05) is 44.2 Å². The van der Waals surface area contributed by atoms with Crippen LogP contribution in [0.3, 0.4) is 0 Å². The van der Waals surface area contributed by atoms with Gasteiger partial charge in [0, 0.05) is 25.1 Å². The minimum atomic E-state index is -3.71. The largest absolute Gasteiger partial charge is 0.326 e. The number of amides is 1. The van der Waals surface area contributed by atoms with E-state index in [0.717, 1.165) is 12.0 Å². The summed E-state index contributed by atoms with van der Waals surface area (Å²) in [6.45, 7) is 4.66. The Morgan fingerprint density at radius 3 is 2.54 bits per heavy atom. The van der Waals surface area contributed by atoms with Crippen molar-refractivity contribution in [2.24, 2.45) is 4.99 Å². The van der Waals surface area contributed by atoms with Gasteiger partial charge in [0.2, 0.25) is 5.91 Å². The van der Waals surface area contributed by atoms with E-state index in [9.17, 15) is 13.2 Å². The summed E-state index contributed by atoms with van der Waals surface area (Å²) in [7, 11) is -3.71. The first-order chi connectivity index (χ1) is 13.3. The lowest BCUT2D eigenvalue weighted by Crippen LogP contribution is -2.29. The van der Waals surface area contributed by atoms with Crippen molar-refractivity contribution < 1.29 is 13.2 Å². The number of carbonyl (C=O) groups excluding carboxylic acids is 1. The highest BCUT2D eigenvalue weighted by Crippen LogP contribution is 2.27. The SMILES string of the molecule is CC(C)(CC(=O)Nc1cccc(S(=O)(=O)NC2=NCCC2)c1)c1ccccc1. The lowest BCUT2D eigenvalue weighted by molar-refractivity contribution is -0.117. The number of hydrogen-bond donors (Lipinski definition) is 2. The van der Waals surface area contributed by atoms with E-state index in [2.05, 4.69) is 15.0 Å². The molecule has 148 valence electrons. The summed E-state index contributed by atoms with van der Waals surface area (Å²) in [4.78, 5) is 16.8. The Morgan fingerprint density at radius 2 is 1.86 bits per heavy atom. The summed E-state index contributed by atoms with van der Waals surface area (Å²) >= 11 is 0. The molecule has 0 saturated carbocycles. The van der Waals surface area contributed by atoms with Crippen molar-refractivity contribution in [1.82, 2.24) is 4.72 Å². The van der Waals surface area contributed by atoms with Crippen molar-refractivity contribution in [1.29, 1.82) is 0 Å². The van der Waals surface area contributed by atoms with Crippen LogP contribution in [0.2, 0.25) is 0 Å². The van der Waals surface area contributed by atoms with Gasteiger partial charge in [0.1, 0.15) is 5.84 Å². The van der Waals surface area contributed by atoms with Gasteiger partial charge in [0.05, 0.1) is 4.90 Å². The van der Waals surface area contributed by atoms with E-state index < -0.39 is 10.0 Å². The highest BCUT2D eigenvalue weighted by molar-refractivity contribution is 7.90. The van der Waals surface area contributed by atoms with Crippen molar-refractivity contribution in [3.05, 3.63) is 60.2 Å². The van der Waals surface area contributed by atoms with Crippen LogP contribution >= 0.6 is 0 Å². The summed E-state index contributed by atoms with van der Waals surface area (Å²) in [6.07, 6.45) is 1.76. The first-order valence-electron chi connectivity index (χ1n) is 9.28. The van der Waals surface area contributed by atoms with Gasteiger partial charge >= 0.3 is 0 Å². The monoisotopic (exact) mass is 399 g/mol. The number of benzene rings is 2. The van der Waals surface area contributed by atoms with Crippen LogP contribution in [0.5, 0.6) is 0 Å². The molecule has 1 amide bonds. The molecule has 2 N–H and O–H groups in total. The molecule has 0 aromatic heterocycles. The van der Waals surface area contributed by atoms with Crippen LogP contribution in [0.15, 0.2) is 64.5 Å². The maximum Gasteiger partial charge on any atom is 0.262 e. The zero-order chi connectivity index (χ0) is 20.2. The molecule has 0 saturated heterocycles. The fourth-order valence-electron chi connectivity index (χ4n) is 3.18. The number of nitrogens with one attached hydrogen (secondary N) is 2. The molecule has 3 rings (SSSR count). The Hall–Kier alpha value is -2.67. The Kier molecular flexibility index (Phi) is 5.84. The molecule has 28 heavy (non-hydrogen) atoms. The van der Waals surface area contributed by atoms with Crippen LogP contribution in [0.4, 0.5) is 5.69 Å². The second-order valence-electron chi connectivity index (χ2n) is 7.54. The van der Waals surface area contributed by atoms with E-state index in [4.69, 9.17) is 0 Å². The fraction of sp³-hybridized carbons (Fsp3) is 0.333. The number of carbonyl (C=O) groups is 1. The lowest BCUT2D eigenvalue weighted by Gasteiger charge is -2.24. The minimum absolute atomic E-state index is 0.0993. The van der Waals surface area contributed by atoms with Crippen molar-refractivity contribution in [3.63, 3.8) is 0 Å². The van der Waals surface area contributed by atoms with Gasteiger partial charge in [-0.1, -0.05) is 50.2 Å². The number of sulfonamides is 1. The maximum atomic E-state index is 12.5. The molecule has 0 radical (unpaired) electrons. The standard InChI is InChI=1S/C21H25N3O3S/c1-21(2,16-8-4-3-5-9-16)15-20(25)23-17-10-6-11-18(14-17)28(26,27)24-19-12-7-13-22-19/h3-6,8-11,14H,7,12-13,15H2,1-2H3,(H,22,24)(H,23,25). The van der Waals surface area contributed by atoms with Gasteiger partial charge < -0.3 is 5.32 Å². The highest BCUT2D eigenvalue weighted by atomic mass is 32.2. The molecule has 0 spiro atoms. The third kappa shape index (κ3) is 4.98. The number of rotatable bonds is 6. The number of hydrogen-bond acceptors (Lipinski definition) is 4. The van der Waals surface area contributed by atoms with E-state index in [1.54, 1.807) is 12.1 Å². The van der Waals surface area contributed by atoms with Gasteiger partial charge in [-0.3, -0.25) is 14.5 Å². The summed E-state index contributed by atoms with van der Waals surface area (Å²) in [6, 6.07) is 16.1. The van der Waals surface area contributed by atoms with Gasteiger partial charge in [-0.15, -0.1) is 0 Å². The predicted octanol–water partition coefficient (Wildman–Crippen LogP) is 3.46. The third-order valence-corrected chi connectivity index (χ3v) is 6.09. The van der Waals surface area contributed by atoms with Crippen LogP contribution in [-0.2, 0) is 20.2 Å². The van der Waals surface area contributed by atoms with Crippen molar-refractivity contribution in [2.75, 3.05) is 11.9 Å². The fourth-order valence-corrected chi connectivity index (χ4v) is 4.31. The predicted molar refractivity (Wildman–Crippen MR) is 111 cm³/mol. The van der Waals surface area contributed by atoms with Crippen LogP contribution in [0.25, 0.3) is 0 Å². The van der Waals surface area contributed by atoms with Gasteiger partial charge in [0.15, 0.2) is 0 Å². The Balaban J connectivity index is 1.69.